The average molecular weight is 380 g/mol. The molecule has 132 valence electrons. The van der Waals surface area contributed by atoms with Crippen molar-refractivity contribution in [3.63, 3.8) is 0 Å². The van der Waals surface area contributed by atoms with Crippen LogP contribution in [0, 0.1) is 0 Å². The van der Waals surface area contributed by atoms with Crippen LogP contribution >= 0.6 is 11.6 Å². The minimum absolute atomic E-state index is 0.176. The Balaban J connectivity index is 1.69. The molecule has 0 spiro atoms. The minimum atomic E-state index is -2.20. The summed E-state index contributed by atoms with van der Waals surface area (Å²) in [5, 5.41) is 0.324. The van der Waals surface area contributed by atoms with Crippen LogP contribution in [0.15, 0.2) is 48.5 Å². The van der Waals surface area contributed by atoms with E-state index in [0.717, 1.165) is 18.8 Å². The van der Waals surface area contributed by atoms with Gasteiger partial charge in [0.05, 0.1) is 10.6 Å². The summed E-state index contributed by atoms with van der Waals surface area (Å²) in [6.07, 6.45) is 0. The zero-order chi connectivity index (χ0) is 17.8. The van der Waals surface area contributed by atoms with Crippen LogP contribution in [0.4, 0.5) is 11.4 Å². The smallest absolute Gasteiger partial charge is 0.259 e. The van der Waals surface area contributed by atoms with Gasteiger partial charge in [-0.15, -0.1) is 0 Å². The Kier molecular flexibility index (Phi) is 5.57. The molecule has 0 aromatic heterocycles. The molecule has 6 nitrogen and oxygen atoms in total. The van der Waals surface area contributed by atoms with Gasteiger partial charge in [0.2, 0.25) is 0 Å². The first-order chi connectivity index (χ1) is 12.0. The van der Waals surface area contributed by atoms with Crippen molar-refractivity contribution >= 4 is 40.1 Å². The summed E-state index contributed by atoms with van der Waals surface area (Å²) < 4.78 is 22.1. The molecule has 1 amide bonds. The lowest BCUT2D eigenvalue weighted by Gasteiger charge is -2.36. The second-order valence-corrected chi connectivity index (χ2v) is 6.77. The van der Waals surface area contributed by atoms with Gasteiger partial charge in [-0.1, -0.05) is 29.8 Å². The second kappa shape index (κ2) is 7.86. The number of anilines is 2. The van der Waals surface area contributed by atoms with Crippen molar-refractivity contribution in [1.29, 1.82) is 0 Å². The maximum Gasteiger partial charge on any atom is 0.259 e. The molecule has 2 aromatic rings. The van der Waals surface area contributed by atoms with E-state index in [1.165, 1.54) is 6.07 Å². The number of carbonyl (C=O) groups excluding carboxylic acids is 1. The first-order valence-electron chi connectivity index (χ1n) is 7.81. The van der Waals surface area contributed by atoms with E-state index in [9.17, 15) is 9.00 Å². The van der Waals surface area contributed by atoms with E-state index in [2.05, 4.69) is 21.8 Å². The highest BCUT2D eigenvalue weighted by Crippen LogP contribution is 2.24. The van der Waals surface area contributed by atoms with Crippen molar-refractivity contribution in [2.24, 2.45) is 0 Å². The quantitative estimate of drug-likeness (QED) is 0.801. The molecule has 1 fully saturated rings. The number of halogens is 1. The molecule has 2 aromatic carbocycles. The molecule has 2 N–H and O–H groups in total. The highest BCUT2D eigenvalue weighted by molar-refractivity contribution is 7.80. The lowest BCUT2D eigenvalue weighted by Crippen LogP contribution is -2.48. The second-order valence-electron chi connectivity index (χ2n) is 5.66. The Morgan fingerprint density at radius 2 is 1.76 bits per heavy atom. The SMILES string of the molecule is O=C(c1cc(NS(=O)O)ccc1Cl)N1CCN(c2ccccc2)CC1. The van der Waals surface area contributed by atoms with Gasteiger partial charge >= 0.3 is 0 Å². The number of piperazine rings is 1. The van der Waals surface area contributed by atoms with E-state index < -0.39 is 11.3 Å². The molecule has 0 aliphatic carbocycles. The maximum atomic E-state index is 12.8. The van der Waals surface area contributed by atoms with Crippen LogP contribution < -0.4 is 9.62 Å². The van der Waals surface area contributed by atoms with Gasteiger partial charge in [-0.3, -0.25) is 14.1 Å². The largest absolute Gasteiger partial charge is 0.368 e. The molecule has 8 heteroatoms. The van der Waals surface area contributed by atoms with Crippen molar-refractivity contribution in [3.05, 3.63) is 59.1 Å². The van der Waals surface area contributed by atoms with Gasteiger partial charge in [0, 0.05) is 37.6 Å². The van der Waals surface area contributed by atoms with E-state index in [-0.39, 0.29) is 5.91 Å². The average Bonchev–Trinajstić information content (AvgIpc) is 2.63. The van der Waals surface area contributed by atoms with Gasteiger partial charge in [-0.2, -0.15) is 0 Å². The molecule has 1 aliphatic heterocycles. The third-order valence-corrected chi connectivity index (χ3v) is 4.83. The zero-order valence-electron chi connectivity index (χ0n) is 13.4. The number of benzene rings is 2. The molecule has 25 heavy (non-hydrogen) atoms. The van der Waals surface area contributed by atoms with Gasteiger partial charge in [0.15, 0.2) is 0 Å². The molecular formula is C17H18ClN3O3S. The monoisotopic (exact) mass is 379 g/mol. The van der Waals surface area contributed by atoms with Gasteiger partial charge < -0.3 is 9.80 Å². The molecule has 1 atom stereocenters. The lowest BCUT2D eigenvalue weighted by molar-refractivity contribution is 0.0747. The Morgan fingerprint density at radius 1 is 1.08 bits per heavy atom. The fraction of sp³-hybridized carbons (Fsp3) is 0.235. The van der Waals surface area contributed by atoms with Crippen molar-refractivity contribution in [3.8, 4) is 0 Å². The van der Waals surface area contributed by atoms with Crippen LogP contribution in [0.5, 0.6) is 0 Å². The van der Waals surface area contributed by atoms with E-state index in [1.54, 1.807) is 17.0 Å². The minimum Gasteiger partial charge on any atom is -0.368 e. The van der Waals surface area contributed by atoms with Crippen LogP contribution in [0.1, 0.15) is 10.4 Å². The summed E-state index contributed by atoms with van der Waals surface area (Å²) in [5.74, 6) is -0.176. The number of para-hydroxylation sites is 1. The lowest BCUT2D eigenvalue weighted by atomic mass is 10.1. The van der Waals surface area contributed by atoms with E-state index >= 15 is 0 Å². The Morgan fingerprint density at radius 3 is 2.40 bits per heavy atom. The standard InChI is InChI=1S/C17H18ClN3O3S/c18-16-7-6-13(19-25(23)24)12-15(16)17(22)21-10-8-20(9-11-21)14-4-2-1-3-5-14/h1-7,12,19H,8-11H2,(H,23,24). The maximum absolute atomic E-state index is 12.8. The molecule has 1 unspecified atom stereocenters. The summed E-state index contributed by atoms with van der Waals surface area (Å²) in [4.78, 5) is 16.7. The van der Waals surface area contributed by atoms with Crippen LogP contribution in [0.25, 0.3) is 0 Å². The van der Waals surface area contributed by atoms with Crippen molar-refractivity contribution in [1.82, 2.24) is 4.90 Å². The number of hydrogen-bond donors (Lipinski definition) is 2. The molecular weight excluding hydrogens is 362 g/mol. The Hall–Kier alpha value is -2.09. The fourth-order valence-corrected chi connectivity index (χ4v) is 3.36. The Bertz CT molecular complexity index is 780. The van der Waals surface area contributed by atoms with Crippen molar-refractivity contribution in [2.75, 3.05) is 35.8 Å². The van der Waals surface area contributed by atoms with Crippen LogP contribution in [-0.4, -0.2) is 45.7 Å². The summed E-state index contributed by atoms with van der Waals surface area (Å²) in [7, 11) is 0. The number of hydrogen-bond acceptors (Lipinski definition) is 3. The molecule has 1 aliphatic rings. The molecule has 1 heterocycles. The van der Waals surface area contributed by atoms with Crippen molar-refractivity contribution < 1.29 is 13.6 Å². The summed E-state index contributed by atoms with van der Waals surface area (Å²) in [5.41, 5.74) is 1.84. The summed E-state index contributed by atoms with van der Waals surface area (Å²) in [6.45, 7) is 2.67. The number of rotatable bonds is 4. The normalized spacial score (nSPS) is 15.8. The topological polar surface area (TPSA) is 72.9 Å². The van der Waals surface area contributed by atoms with Gasteiger partial charge in [-0.05, 0) is 30.3 Å². The predicted octanol–water partition coefficient (Wildman–Crippen LogP) is 2.85. The molecule has 1 saturated heterocycles. The first kappa shape index (κ1) is 17.7. The van der Waals surface area contributed by atoms with E-state index in [1.807, 2.05) is 18.2 Å². The third-order valence-electron chi connectivity index (χ3n) is 4.09. The summed E-state index contributed by atoms with van der Waals surface area (Å²) >= 11 is 3.95. The fourth-order valence-electron chi connectivity index (χ4n) is 2.83. The molecule has 3 rings (SSSR count). The molecule has 0 radical (unpaired) electrons. The highest BCUT2D eigenvalue weighted by atomic mass is 35.5. The third kappa shape index (κ3) is 4.31. The number of amides is 1. The van der Waals surface area contributed by atoms with Crippen LogP contribution in [0.3, 0.4) is 0 Å². The van der Waals surface area contributed by atoms with Gasteiger partial charge in [-0.25, -0.2) is 4.21 Å². The summed E-state index contributed by atoms with van der Waals surface area (Å²) in [6, 6.07) is 14.7. The molecule has 0 saturated carbocycles. The van der Waals surface area contributed by atoms with E-state index in [0.29, 0.717) is 29.4 Å². The number of carbonyl (C=O) groups is 1. The van der Waals surface area contributed by atoms with Gasteiger partial charge in [0.25, 0.3) is 17.2 Å². The van der Waals surface area contributed by atoms with Gasteiger partial charge in [0.1, 0.15) is 0 Å². The van der Waals surface area contributed by atoms with E-state index in [4.69, 9.17) is 16.2 Å². The zero-order valence-corrected chi connectivity index (χ0v) is 15.0. The van der Waals surface area contributed by atoms with Crippen molar-refractivity contribution in [2.45, 2.75) is 0 Å². The van der Waals surface area contributed by atoms with Crippen LogP contribution in [0.2, 0.25) is 5.02 Å². The number of nitrogens with zero attached hydrogens (tertiary/aromatic N) is 2. The predicted molar refractivity (Wildman–Crippen MR) is 100 cm³/mol. The van der Waals surface area contributed by atoms with Crippen LogP contribution in [-0.2, 0) is 11.3 Å². The molecule has 0 bridgehead atoms. The first-order valence-corrected chi connectivity index (χ1v) is 9.29. The highest BCUT2D eigenvalue weighted by Gasteiger charge is 2.24. The Labute approximate surface area is 153 Å². The number of nitrogens with one attached hydrogen (secondary N) is 1.